The number of methoxy groups -OCH3 is 1. The average Bonchev–Trinajstić information content (AvgIpc) is 3.47. The lowest BCUT2D eigenvalue weighted by Crippen LogP contribution is -2.46. The molecule has 2 aromatic rings. The Kier molecular flexibility index (Phi) is 9.17. The van der Waals surface area contributed by atoms with E-state index in [0.717, 1.165) is 49.6 Å². The number of anilines is 1. The van der Waals surface area contributed by atoms with Crippen LogP contribution in [0.2, 0.25) is 0 Å². The minimum Gasteiger partial charge on any atom is -0.478 e. The fourth-order valence-corrected chi connectivity index (χ4v) is 6.30. The van der Waals surface area contributed by atoms with E-state index in [-0.39, 0.29) is 17.1 Å². The maximum absolute atomic E-state index is 12.8. The first-order chi connectivity index (χ1) is 18.9. The molecule has 1 amide bonds. The number of carboxylic acid groups (broad SMARTS) is 1. The average molecular weight is 568 g/mol. The summed E-state index contributed by atoms with van der Waals surface area (Å²) < 4.78 is 11.2. The molecule has 2 saturated heterocycles. The van der Waals surface area contributed by atoms with Crippen molar-refractivity contribution in [3.8, 4) is 0 Å². The second kappa shape index (κ2) is 12.2. The van der Waals surface area contributed by atoms with Gasteiger partial charge in [-0.2, -0.15) is 0 Å². The number of amides is 1. The van der Waals surface area contributed by atoms with Crippen LogP contribution in [0.1, 0.15) is 79.8 Å². The number of hydrogen-bond acceptors (Lipinski definition) is 7. The van der Waals surface area contributed by atoms with Crippen molar-refractivity contribution in [2.45, 2.75) is 71.4 Å². The van der Waals surface area contributed by atoms with Crippen molar-refractivity contribution in [2.75, 3.05) is 38.3 Å². The number of carbonyl (C=O) groups is 2. The van der Waals surface area contributed by atoms with E-state index in [1.54, 1.807) is 35.5 Å². The van der Waals surface area contributed by atoms with E-state index in [1.165, 1.54) is 28.2 Å². The Hall–Kier alpha value is -3.01. The number of likely N-dealkylation sites (tertiary alicyclic amines) is 1. The standard InChI is InChI=1S/C31H41N3O5S/c1-7-22(9-8-21(2)19-38-6)26-25(40-28(32-26)30(3,4)5)18-33-16-14-31(15-17-33)20-34(29(37)39-31)24-12-10-23(11-13-24)27(35)36/h8-13H,7,14-20H2,1-6H3,(H,35,36). The van der Waals surface area contributed by atoms with Gasteiger partial charge in [0.05, 0.1) is 29.4 Å². The molecule has 8 nitrogen and oxygen atoms in total. The number of carboxylic acids is 1. The molecule has 1 aromatic heterocycles. The van der Waals surface area contributed by atoms with Crippen LogP contribution in [0, 0.1) is 0 Å². The number of nitrogens with zero attached hydrogens (tertiary/aromatic N) is 3. The third-order valence-corrected chi connectivity index (χ3v) is 8.96. The van der Waals surface area contributed by atoms with Gasteiger partial charge in [-0.25, -0.2) is 14.6 Å². The summed E-state index contributed by atoms with van der Waals surface area (Å²) in [7, 11) is 1.71. The maximum atomic E-state index is 12.8. The van der Waals surface area contributed by atoms with E-state index in [0.29, 0.717) is 18.8 Å². The molecule has 4 rings (SSSR count). The molecule has 0 unspecified atom stereocenters. The summed E-state index contributed by atoms with van der Waals surface area (Å²) in [5.41, 5.74) is 3.77. The molecule has 1 aromatic carbocycles. The molecule has 216 valence electrons. The Morgan fingerprint density at radius 3 is 2.45 bits per heavy atom. The van der Waals surface area contributed by atoms with E-state index in [1.807, 2.05) is 0 Å². The molecule has 0 bridgehead atoms. The van der Waals surface area contributed by atoms with Crippen molar-refractivity contribution >= 4 is 34.7 Å². The Bertz CT molecular complexity index is 1280. The molecule has 1 N–H and O–H groups in total. The zero-order valence-electron chi connectivity index (χ0n) is 24.5. The number of carbonyl (C=O) groups excluding carboxylic acids is 1. The van der Waals surface area contributed by atoms with E-state index >= 15 is 0 Å². The second-order valence-electron chi connectivity index (χ2n) is 11.8. The highest BCUT2D eigenvalue weighted by atomic mass is 32.1. The molecule has 0 radical (unpaired) electrons. The van der Waals surface area contributed by atoms with Gasteiger partial charge in [-0.15, -0.1) is 11.3 Å². The quantitative estimate of drug-likeness (QED) is 0.345. The molecular formula is C31H41N3O5S. The zero-order valence-corrected chi connectivity index (χ0v) is 25.3. The van der Waals surface area contributed by atoms with Crippen molar-refractivity contribution < 1.29 is 24.2 Å². The molecule has 0 atom stereocenters. The summed E-state index contributed by atoms with van der Waals surface area (Å²) in [6, 6.07) is 6.37. The van der Waals surface area contributed by atoms with Crippen LogP contribution in [0.25, 0.3) is 5.57 Å². The number of benzene rings is 1. The van der Waals surface area contributed by atoms with Crippen LogP contribution in [-0.4, -0.2) is 66.0 Å². The van der Waals surface area contributed by atoms with Gasteiger partial charge in [0.2, 0.25) is 0 Å². The summed E-state index contributed by atoms with van der Waals surface area (Å²) in [6.07, 6.45) is 6.32. The van der Waals surface area contributed by atoms with Gasteiger partial charge in [0.1, 0.15) is 5.60 Å². The number of aromatic nitrogens is 1. The minimum atomic E-state index is -0.989. The third-order valence-electron chi connectivity index (χ3n) is 7.50. The molecular weight excluding hydrogens is 526 g/mol. The molecule has 1 spiro atoms. The number of hydrogen-bond donors (Lipinski definition) is 1. The highest BCUT2D eigenvalue weighted by Gasteiger charge is 2.47. The van der Waals surface area contributed by atoms with Crippen LogP contribution in [0.5, 0.6) is 0 Å². The first-order valence-corrected chi connectivity index (χ1v) is 14.7. The van der Waals surface area contributed by atoms with Crippen LogP contribution in [0.4, 0.5) is 10.5 Å². The lowest BCUT2D eigenvalue weighted by Gasteiger charge is -2.37. The predicted molar refractivity (Wildman–Crippen MR) is 159 cm³/mol. The van der Waals surface area contributed by atoms with Crippen LogP contribution in [0.15, 0.2) is 42.0 Å². The summed E-state index contributed by atoms with van der Waals surface area (Å²) in [5.74, 6) is -0.989. The highest BCUT2D eigenvalue weighted by Crippen LogP contribution is 2.38. The van der Waals surface area contributed by atoms with Gasteiger partial charge in [-0.05, 0) is 48.8 Å². The molecule has 0 saturated carbocycles. The molecule has 2 fully saturated rings. The number of piperidine rings is 1. The van der Waals surface area contributed by atoms with Crippen LogP contribution >= 0.6 is 11.3 Å². The van der Waals surface area contributed by atoms with E-state index in [2.05, 4.69) is 51.7 Å². The van der Waals surface area contributed by atoms with Crippen LogP contribution in [-0.2, 0) is 21.4 Å². The molecule has 3 heterocycles. The monoisotopic (exact) mass is 567 g/mol. The largest absolute Gasteiger partial charge is 0.478 e. The zero-order chi connectivity index (χ0) is 29.1. The van der Waals surface area contributed by atoms with Crippen molar-refractivity contribution in [1.29, 1.82) is 0 Å². The minimum absolute atomic E-state index is 0.0333. The van der Waals surface area contributed by atoms with Crippen LogP contribution in [0.3, 0.4) is 0 Å². The Labute approximate surface area is 241 Å². The SMILES string of the molecule is CCC(=CC=C(C)COC)c1nc(C(C)(C)C)sc1CN1CCC2(CC1)CN(c1ccc(C(=O)O)cc1)C(=O)O2. The molecule has 0 aliphatic carbocycles. The van der Waals surface area contributed by atoms with Crippen molar-refractivity contribution in [3.05, 3.63) is 63.1 Å². The molecule has 2 aliphatic heterocycles. The summed E-state index contributed by atoms with van der Waals surface area (Å²) in [5, 5.41) is 10.3. The Morgan fingerprint density at radius 2 is 1.88 bits per heavy atom. The predicted octanol–water partition coefficient (Wildman–Crippen LogP) is 6.52. The smallest absolute Gasteiger partial charge is 0.415 e. The lowest BCUT2D eigenvalue weighted by molar-refractivity contribution is -0.000780. The summed E-state index contributed by atoms with van der Waals surface area (Å²) in [4.78, 5) is 34.4. The third kappa shape index (κ3) is 6.82. The number of aromatic carboxylic acids is 1. The van der Waals surface area contributed by atoms with E-state index in [9.17, 15) is 9.59 Å². The number of allylic oxidation sites excluding steroid dienone is 3. The van der Waals surface area contributed by atoms with E-state index < -0.39 is 11.6 Å². The van der Waals surface area contributed by atoms with Crippen LogP contribution < -0.4 is 4.90 Å². The maximum Gasteiger partial charge on any atom is 0.415 e. The van der Waals surface area contributed by atoms with Gasteiger partial charge in [0.25, 0.3) is 0 Å². The highest BCUT2D eigenvalue weighted by molar-refractivity contribution is 7.12. The van der Waals surface area contributed by atoms with Crippen molar-refractivity contribution in [1.82, 2.24) is 9.88 Å². The van der Waals surface area contributed by atoms with Gasteiger partial charge in [0.15, 0.2) is 0 Å². The lowest BCUT2D eigenvalue weighted by atomic mass is 9.91. The fourth-order valence-electron chi connectivity index (χ4n) is 5.10. The Balaban J connectivity index is 1.47. The second-order valence-corrected chi connectivity index (χ2v) is 12.9. The molecule has 40 heavy (non-hydrogen) atoms. The Morgan fingerprint density at radius 1 is 1.20 bits per heavy atom. The molecule has 2 aliphatic rings. The molecule has 9 heteroatoms. The first-order valence-electron chi connectivity index (χ1n) is 13.9. The fraction of sp³-hybridized carbons (Fsp3) is 0.516. The first kappa shape index (κ1) is 30.0. The van der Waals surface area contributed by atoms with Gasteiger partial charge < -0.3 is 14.6 Å². The number of rotatable bonds is 9. The van der Waals surface area contributed by atoms with Gasteiger partial charge in [-0.3, -0.25) is 9.80 Å². The van der Waals surface area contributed by atoms with Crippen molar-refractivity contribution in [3.63, 3.8) is 0 Å². The summed E-state index contributed by atoms with van der Waals surface area (Å²) >= 11 is 1.80. The summed E-state index contributed by atoms with van der Waals surface area (Å²) in [6.45, 7) is 14.4. The number of thiazole rings is 1. The topological polar surface area (TPSA) is 92.2 Å². The van der Waals surface area contributed by atoms with Gasteiger partial charge >= 0.3 is 12.1 Å². The van der Waals surface area contributed by atoms with Crippen molar-refractivity contribution in [2.24, 2.45) is 0 Å². The van der Waals surface area contributed by atoms with Gasteiger partial charge in [-0.1, -0.05) is 39.8 Å². The van der Waals surface area contributed by atoms with E-state index in [4.69, 9.17) is 19.6 Å². The number of ether oxygens (including phenoxy) is 2. The van der Waals surface area contributed by atoms with Gasteiger partial charge in [0, 0.05) is 55.6 Å². The normalized spacial score (nSPS) is 18.4.